The van der Waals surface area contributed by atoms with Gasteiger partial charge in [0.2, 0.25) is 21.8 Å². The van der Waals surface area contributed by atoms with Crippen molar-refractivity contribution in [3.05, 3.63) is 53.9 Å². The number of primary amides is 1. The molecule has 4 rings (SSSR count). The van der Waals surface area contributed by atoms with Crippen LogP contribution in [0.2, 0.25) is 0 Å². The highest BCUT2D eigenvalue weighted by Crippen LogP contribution is 2.26. The van der Waals surface area contributed by atoms with Crippen molar-refractivity contribution in [3.63, 3.8) is 0 Å². The van der Waals surface area contributed by atoms with Crippen molar-refractivity contribution in [3.8, 4) is 0 Å². The molecule has 0 spiro atoms. The maximum atomic E-state index is 13.0. The number of benzene rings is 2. The molecule has 2 heterocycles. The van der Waals surface area contributed by atoms with Crippen LogP contribution in [0, 0.1) is 0 Å². The number of aromatic nitrogens is 2. The number of anilines is 1. The van der Waals surface area contributed by atoms with E-state index in [0.717, 1.165) is 43.6 Å². The van der Waals surface area contributed by atoms with Gasteiger partial charge >= 0.3 is 0 Å². The average molecular weight is 498 g/mol. The van der Waals surface area contributed by atoms with Crippen molar-refractivity contribution in [2.75, 3.05) is 18.4 Å². The number of hydrogen-bond donors (Lipinski definition) is 2. The number of amides is 2. The van der Waals surface area contributed by atoms with Crippen LogP contribution in [0.3, 0.4) is 0 Å². The number of hydrogen-bond acceptors (Lipinski definition) is 5. The van der Waals surface area contributed by atoms with Crippen LogP contribution in [0.25, 0.3) is 11.0 Å². The molecule has 35 heavy (non-hydrogen) atoms. The SMILES string of the molecule is CCCCn1c(CCC(=O)Nc2cccc(C(N)=O)c2)nc2cc(S(=O)(=O)N3CCCC3)ccc21. The summed E-state index contributed by atoms with van der Waals surface area (Å²) in [5.74, 6) is -0.0277. The second-order valence-electron chi connectivity index (χ2n) is 8.79. The Bertz CT molecular complexity index is 1340. The first-order valence-corrected chi connectivity index (χ1v) is 13.4. The molecule has 2 amide bonds. The van der Waals surface area contributed by atoms with Crippen LogP contribution in [-0.2, 0) is 27.8 Å². The second kappa shape index (κ2) is 10.6. The summed E-state index contributed by atoms with van der Waals surface area (Å²) in [4.78, 5) is 28.9. The lowest BCUT2D eigenvalue weighted by Crippen LogP contribution is -2.27. The van der Waals surface area contributed by atoms with E-state index >= 15 is 0 Å². The quantitative estimate of drug-likeness (QED) is 0.444. The molecule has 0 unspecified atom stereocenters. The first-order valence-electron chi connectivity index (χ1n) is 12.0. The van der Waals surface area contributed by atoms with E-state index in [2.05, 4.69) is 16.8 Å². The van der Waals surface area contributed by atoms with Gasteiger partial charge in [0.15, 0.2) is 0 Å². The van der Waals surface area contributed by atoms with Crippen LogP contribution in [0.5, 0.6) is 0 Å². The third kappa shape index (κ3) is 5.54. The molecule has 0 aliphatic carbocycles. The number of aryl methyl sites for hydroxylation is 2. The lowest BCUT2D eigenvalue weighted by atomic mass is 10.2. The van der Waals surface area contributed by atoms with E-state index in [9.17, 15) is 18.0 Å². The van der Waals surface area contributed by atoms with Gasteiger partial charge in [-0.3, -0.25) is 9.59 Å². The average Bonchev–Trinajstić information content (AvgIpc) is 3.50. The molecule has 1 saturated heterocycles. The van der Waals surface area contributed by atoms with E-state index < -0.39 is 15.9 Å². The Morgan fingerprint density at radius 3 is 2.60 bits per heavy atom. The van der Waals surface area contributed by atoms with Gasteiger partial charge in [0.25, 0.3) is 0 Å². The number of nitrogens with zero attached hydrogens (tertiary/aromatic N) is 3. The van der Waals surface area contributed by atoms with Gasteiger partial charge < -0.3 is 15.6 Å². The molecule has 0 saturated carbocycles. The molecule has 186 valence electrons. The molecule has 0 radical (unpaired) electrons. The Balaban J connectivity index is 1.54. The molecule has 1 aliphatic heterocycles. The van der Waals surface area contributed by atoms with Crippen LogP contribution in [0.15, 0.2) is 47.4 Å². The van der Waals surface area contributed by atoms with Gasteiger partial charge in [0.1, 0.15) is 5.82 Å². The number of sulfonamides is 1. The molecule has 0 atom stereocenters. The third-order valence-corrected chi connectivity index (χ3v) is 8.14. The van der Waals surface area contributed by atoms with Crippen molar-refractivity contribution in [2.45, 2.75) is 56.9 Å². The molecular formula is C25H31N5O4S. The highest BCUT2D eigenvalue weighted by Gasteiger charge is 2.28. The van der Waals surface area contributed by atoms with Gasteiger partial charge in [0.05, 0.1) is 15.9 Å². The van der Waals surface area contributed by atoms with Gasteiger partial charge in [-0.2, -0.15) is 4.31 Å². The maximum absolute atomic E-state index is 13.0. The van der Waals surface area contributed by atoms with Crippen LogP contribution < -0.4 is 11.1 Å². The Hall–Kier alpha value is -3.24. The molecule has 1 aromatic heterocycles. The number of carbonyl (C=O) groups is 2. The number of imidazole rings is 1. The molecule has 10 heteroatoms. The largest absolute Gasteiger partial charge is 0.366 e. The van der Waals surface area contributed by atoms with Gasteiger partial charge in [-0.05, 0) is 55.7 Å². The normalized spacial score (nSPS) is 14.4. The number of unbranched alkanes of at least 4 members (excludes halogenated alkanes) is 1. The zero-order chi connectivity index (χ0) is 25.0. The predicted octanol–water partition coefficient (Wildman–Crippen LogP) is 3.29. The summed E-state index contributed by atoms with van der Waals surface area (Å²) in [5, 5.41) is 2.80. The zero-order valence-electron chi connectivity index (χ0n) is 19.9. The lowest BCUT2D eigenvalue weighted by Gasteiger charge is -2.15. The standard InChI is InChI=1S/C25H31N5O4S/c1-2-3-15-30-22-10-9-20(35(33,34)29-13-4-5-14-29)17-21(22)28-23(30)11-12-24(31)27-19-8-6-7-18(16-19)25(26)32/h6-10,16-17H,2-5,11-15H2,1H3,(H2,26,32)(H,27,31). The fourth-order valence-corrected chi connectivity index (χ4v) is 5.89. The summed E-state index contributed by atoms with van der Waals surface area (Å²) >= 11 is 0. The summed E-state index contributed by atoms with van der Waals surface area (Å²) in [7, 11) is -3.53. The van der Waals surface area contributed by atoms with Crippen molar-refractivity contribution < 1.29 is 18.0 Å². The minimum absolute atomic E-state index is 0.190. The fourth-order valence-electron chi connectivity index (χ4n) is 4.35. The number of nitrogens with one attached hydrogen (secondary N) is 1. The van der Waals surface area contributed by atoms with Gasteiger partial charge in [-0.25, -0.2) is 13.4 Å². The number of fused-ring (bicyclic) bond motifs is 1. The Morgan fingerprint density at radius 1 is 1.11 bits per heavy atom. The Morgan fingerprint density at radius 2 is 1.89 bits per heavy atom. The fraction of sp³-hybridized carbons (Fsp3) is 0.400. The molecular weight excluding hydrogens is 466 g/mol. The van der Waals surface area contributed by atoms with Gasteiger partial charge in [0, 0.05) is 43.7 Å². The first-order chi connectivity index (χ1) is 16.8. The summed E-state index contributed by atoms with van der Waals surface area (Å²) in [6.07, 6.45) is 4.29. The van der Waals surface area contributed by atoms with Crippen LogP contribution in [0.4, 0.5) is 5.69 Å². The second-order valence-corrected chi connectivity index (χ2v) is 10.7. The van der Waals surface area contributed by atoms with Gasteiger partial charge in [-0.1, -0.05) is 19.4 Å². The minimum Gasteiger partial charge on any atom is -0.366 e. The number of carbonyl (C=O) groups excluding carboxylic acids is 2. The number of rotatable bonds is 10. The van der Waals surface area contributed by atoms with Crippen molar-refractivity contribution in [2.24, 2.45) is 5.73 Å². The van der Waals surface area contributed by atoms with Crippen LogP contribution >= 0.6 is 0 Å². The summed E-state index contributed by atoms with van der Waals surface area (Å²) in [6, 6.07) is 11.6. The molecule has 2 aromatic carbocycles. The minimum atomic E-state index is -3.53. The molecule has 1 fully saturated rings. The van der Waals surface area contributed by atoms with Crippen molar-refractivity contribution in [1.29, 1.82) is 0 Å². The predicted molar refractivity (Wildman–Crippen MR) is 135 cm³/mol. The molecule has 0 bridgehead atoms. The summed E-state index contributed by atoms with van der Waals surface area (Å²) in [6.45, 7) is 3.94. The van der Waals surface area contributed by atoms with E-state index in [-0.39, 0.29) is 17.2 Å². The molecule has 1 aliphatic rings. The topological polar surface area (TPSA) is 127 Å². The molecule has 3 aromatic rings. The van der Waals surface area contributed by atoms with Crippen molar-refractivity contribution in [1.82, 2.24) is 13.9 Å². The third-order valence-electron chi connectivity index (χ3n) is 6.24. The van der Waals surface area contributed by atoms with E-state index in [4.69, 9.17) is 10.7 Å². The Labute approximate surface area is 205 Å². The van der Waals surface area contributed by atoms with Crippen LogP contribution in [-0.4, -0.2) is 47.2 Å². The molecule has 3 N–H and O–H groups in total. The zero-order valence-corrected chi connectivity index (χ0v) is 20.7. The highest BCUT2D eigenvalue weighted by molar-refractivity contribution is 7.89. The van der Waals surface area contributed by atoms with Crippen molar-refractivity contribution >= 4 is 38.6 Å². The lowest BCUT2D eigenvalue weighted by molar-refractivity contribution is -0.116. The van der Waals surface area contributed by atoms with Gasteiger partial charge in [-0.15, -0.1) is 0 Å². The van der Waals surface area contributed by atoms with E-state index in [1.807, 2.05) is 6.07 Å². The maximum Gasteiger partial charge on any atom is 0.248 e. The van der Waals surface area contributed by atoms with E-state index in [1.165, 1.54) is 4.31 Å². The van der Waals surface area contributed by atoms with Crippen LogP contribution in [0.1, 0.15) is 55.2 Å². The smallest absolute Gasteiger partial charge is 0.248 e. The Kier molecular flexibility index (Phi) is 7.51. The first kappa shape index (κ1) is 24.9. The highest BCUT2D eigenvalue weighted by atomic mass is 32.2. The summed E-state index contributed by atoms with van der Waals surface area (Å²) in [5.41, 5.74) is 7.62. The van der Waals surface area contributed by atoms with E-state index in [0.29, 0.717) is 36.3 Å². The van der Waals surface area contributed by atoms with E-state index in [1.54, 1.807) is 36.4 Å². The summed E-state index contributed by atoms with van der Waals surface area (Å²) < 4.78 is 29.6. The molecule has 9 nitrogen and oxygen atoms in total. The number of nitrogens with two attached hydrogens (primary N) is 1. The monoisotopic (exact) mass is 497 g/mol.